The normalized spacial score (nSPS) is 15.1. The van der Waals surface area contributed by atoms with Crippen LogP contribution in [0.2, 0.25) is 0 Å². The number of halogens is 1. The number of nitrogens with zero attached hydrogens (tertiary/aromatic N) is 1. The molecule has 0 spiro atoms. The van der Waals surface area contributed by atoms with Crippen LogP contribution in [0.3, 0.4) is 0 Å². The summed E-state index contributed by atoms with van der Waals surface area (Å²) in [4.78, 5) is 13.5. The SMILES string of the molecule is COC(CN1C(=O)CCc2cc(F)ccc21)OC. The van der Waals surface area contributed by atoms with Gasteiger partial charge in [0.05, 0.1) is 6.54 Å². The highest BCUT2D eigenvalue weighted by Gasteiger charge is 2.26. The first-order valence-corrected chi connectivity index (χ1v) is 5.80. The Labute approximate surface area is 105 Å². The molecule has 0 fully saturated rings. The average molecular weight is 253 g/mol. The molecular formula is C13H16FNO3. The molecule has 0 bridgehead atoms. The van der Waals surface area contributed by atoms with Crippen LogP contribution in [0.5, 0.6) is 0 Å². The lowest BCUT2D eigenvalue weighted by atomic mass is 10.0. The minimum absolute atomic E-state index is 0.00760. The quantitative estimate of drug-likeness (QED) is 0.767. The predicted octanol–water partition coefficient (Wildman–Crippen LogP) is 1.72. The summed E-state index contributed by atoms with van der Waals surface area (Å²) in [6, 6.07) is 4.46. The van der Waals surface area contributed by atoms with Gasteiger partial charge in [-0.15, -0.1) is 0 Å². The summed E-state index contributed by atoms with van der Waals surface area (Å²) in [7, 11) is 3.04. The van der Waals surface area contributed by atoms with Gasteiger partial charge in [-0.25, -0.2) is 4.39 Å². The van der Waals surface area contributed by atoms with E-state index in [1.807, 2.05) is 0 Å². The van der Waals surface area contributed by atoms with Crippen LogP contribution in [-0.2, 0) is 20.7 Å². The summed E-state index contributed by atoms with van der Waals surface area (Å²) in [6.45, 7) is 0.310. The Balaban J connectivity index is 2.27. The van der Waals surface area contributed by atoms with E-state index >= 15 is 0 Å². The number of ether oxygens (including phenoxy) is 2. The van der Waals surface area contributed by atoms with Gasteiger partial charge in [-0.2, -0.15) is 0 Å². The van der Waals surface area contributed by atoms with E-state index in [0.717, 1.165) is 11.3 Å². The largest absolute Gasteiger partial charge is 0.354 e. The van der Waals surface area contributed by atoms with E-state index in [0.29, 0.717) is 19.4 Å². The molecular weight excluding hydrogens is 237 g/mol. The summed E-state index contributed by atoms with van der Waals surface area (Å²) >= 11 is 0. The molecule has 0 atom stereocenters. The van der Waals surface area contributed by atoms with Gasteiger partial charge < -0.3 is 14.4 Å². The number of hydrogen-bond acceptors (Lipinski definition) is 3. The van der Waals surface area contributed by atoms with Crippen molar-refractivity contribution in [3.05, 3.63) is 29.6 Å². The first-order valence-electron chi connectivity index (χ1n) is 5.80. The molecule has 18 heavy (non-hydrogen) atoms. The number of aryl methyl sites for hydroxylation is 1. The Morgan fingerprint density at radius 3 is 2.72 bits per heavy atom. The fourth-order valence-corrected chi connectivity index (χ4v) is 2.12. The van der Waals surface area contributed by atoms with E-state index in [1.165, 1.54) is 26.4 Å². The fourth-order valence-electron chi connectivity index (χ4n) is 2.12. The van der Waals surface area contributed by atoms with E-state index in [4.69, 9.17) is 9.47 Å². The first kappa shape index (κ1) is 13.0. The monoisotopic (exact) mass is 253 g/mol. The second-order valence-electron chi connectivity index (χ2n) is 4.18. The van der Waals surface area contributed by atoms with Crippen molar-refractivity contribution < 1.29 is 18.7 Å². The van der Waals surface area contributed by atoms with Gasteiger partial charge in [0.1, 0.15) is 5.82 Å². The number of amides is 1. The molecule has 0 aliphatic carbocycles. The highest BCUT2D eigenvalue weighted by Crippen LogP contribution is 2.28. The standard InChI is InChI=1S/C13H16FNO3/c1-17-13(18-2)8-15-11-5-4-10(14)7-9(11)3-6-12(15)16/h4-5,7,13H,3,6,8H2,1-2H3. The smallest absolute Gasteiger partial charge is 0.227 e. The molecule has 1 aromatic rings. The molecule has 0 saturated heterocycles. The maximum absolute atomic E-state index is 13.2. The van der Waals surface area contributed by atoms with Crippen LogP contribution in [-0.4, -0.2) is 33.0 Å². The molecule has 98 valence electrons. The molecule has 0 unspecified atom stereocenters. The maximum atomic E-state index is 13.2. The van der Waals surface area contributed by atoms with Crippen LogP contribution in [0.4, 0.5) is 10.1 Å². The van der Waals surface area contributed by atoms with Crippen molar-refractivity contribution in [3.8, 4) is 0 Å². The topological polar surface area (TPSA) is 38.8 Å². The third-order valence-corrected chi connectivity index (χ3v) is 3.10. The molecule has 4 nitrogen and oxygen atoms in total. The van der Waals surface area contributed by atoms with Crippen molar-refractivity contribution in [2.75, 3.05) is 25.7 Å². The lowest BCUT2D eigenvalue weighted by Crippen LogP contribution is -2.41. The van der Waals surface area contributed by atoms with E-state index in [-0.39, 0.29) is 11.7 Å². The Bertz CT molecular complexity index is 446. The van der Waals surface area contributed by atoms with Gasteiger partial charge in [-0.1, -0.05) is 0 Å². The molecule has 0 saturated carbocycles. The van der Waals surface area contributed by atoms with Gasteiger partial charge in [0.15, 0.2) is 6.29 Å². The summed E-state index contributed by atoms with van der Waals surface area (Å²) in [5, 5.41) is 0. The van der Waals surface area contributed by atoms with Crippen molar-refractivity contribution in [1.29, 1.82) is 0 Å². The summed E-state index contributed by atoms with van der Waals surface area (Å²) in [6.07, 6.45) is 0.480. The van der Waals surface area contributed by atoms with Crippen LogP contribution in [0.15, 0.2) is 18.2 Å². The summed E-state index contributed by atoms with van der Waals surface area (Å²) in [5.41, 5.74) is 1.59. The van der Waals surface area contributed by atoms with Gasteiger partial charge in [-0.3, -0.25) is 4.79 Å². The zero-order valence-electron chi connectivity index (χ0n) is 10.5. The van der Waals surface area contributed by atoms with Crippen molar-refractivity contribution in [1.82, 2.24) is 0 Å². The van der Waals surface area contributed by atoms with Crippen molar-refractivity contribution >= 4 is 11.6 Å². The molecule has 1 heterocycles. The molecule has 5 heteroatoms. The van der Waals surface area contributed by atoms with E-state index in [1.54, 1.807) is 11.0 Å². The molecule has 1 aromatic carbocycles. The molecule has 0 N–H and O–H groups in total. The van der Waals surface area contributed by atoms with Crippen LogP contribution in [0.25, 0.3) is 0 Å². The highest BCUT2D eigenvalue weighted by atomic mass is 19.1. The Morgan fingerprint density at radius 2 is 2.06 bits per heavy atom. The van der Waals surface area contributed by atoms with Gasteiger partial charge in [0, 0.05) is 26.3 Å². The molecule has 2 rings (SSSR count). The highest BCUT2D eigenvalue weighted by molar-refractivity contribution is 5.96. The van der Waals surface area contributed by atoms with Gasteiger partial charge >= 0.3 is 0 Å². The van der Waals surface area contributed by atoms with Gasteiger partial charge in [0.2, 0.25) is 5.91 Å². The second kappa shape index (κ2) is 5.46. The van der Waals surface area contributed by atoms with E-state index in [2.05, 4.69) is 0 Å². The Hall–Kier alpha value is -1.46. The molecule has 0 aromatic heterocycles. The van der Waals surface area contributed by atoms with Crippen LogP contribution in [0, 0.1) is 5.82 Å². The third-order valence-electron chi connectivity index (χ3n) is 3.10. The third kappa shape index (κ3) is 2.52. The van der Waals surface area contributed by atoms with Crippen molar-refractivity contribution in [2.45, 2.75) is 19.1 Å². The summed E-state index contributed by atoms with van der Waals surface area (Å²) < 4.78 is 23.4. The maximum Gasteiger partial charge on any atom is 0.227 e. The lowest BCUT2D eigenvalue weighted by Gasteiger charge is -2.31. The minimum Gasteiger partial charge on any atom is -0.354 e. The average Bonchev–Trinajstić information content (AvgIpc) is 2.38. The number of fused-ring (bicyclic) bond motifs is 1. The van der Waals surface area contributed by atoms with Crippen LogP contribution >= 0.6 is 0 Å². The zero-order valence-corrected chi connectivity index (χ0v) is 10.5. The van der Waals surface area contributed by atoms with Gasteiger partial charge in [0.25, 0.3) is 0 Å². The van der Waals surface area contributed by atoms with Gasteiger partial charge in [-0.05, 0) is 30.2 Å². The molecule has 1 aliphatic heterocycles. The van der Waals surface area contributed by atoms with E-state index < -0.39 is 6.29 Å². The first-order chi connectivity index (χ1) is 8.65. The van der Waals surface area contributed by atoms with E-state index in [9.17, 15) is 9.18 Å². The summed E-state index contributed by atoms with van der Waals surface area (Å²) in [5.74, 6) is -0.272. The molecule has 1 amide bonds. The number of rotatable bonds is 4. The Morgan fingerprint density at radius 1 is 1.33 bits per heavy atom. The van der Waals surface area contributed by atoms with Crippen LogP contribution < -0.4 is 4.90 Å². The number of benzene rings is 1. The molecule has 1 aliphatic rings. The number of anilines is 1. The minimum atomic E-state index is -0.482. The lowest BCUT2D eigenvalue weighted by molar-refractivity contribution is -0.123. The van der Waals surface area contributed by atoms with Crippen molar-refractivity contribution in [2.24, 2.45) is 0 Å². The van der Waals surface area contributed by atoms with Crippen molar-refractivity contribution in [3.63, 3.8) is 0 Å². The zero-order chi connectivity index (χ0) is 13.1. The number of methoxy groups -OCH3 is 2. The second-order valence-corrected chi connectivity index (χ2v) is 4.18. The fraction of sp³-hybridized carbons (Fsp3) is 0.462. The number of carbonyl (C=O) groups excluding carboxylic acids is 1. The van der Waals surface area contributed by atoms with Crippen LogP contribution in [0.1, 0.15) is 12.0 Å². The number of carbonyl (C=O) groups is 1. The number of hydrogen-bond donors (Lipinski definition) is 0. The molecule has 0 radical (unpaired) electrons. The predicted molar refractivity (Wildman–Crippen MR) is 64.9 cm³/mol. The Kier molecular flexibility index (Phi) is 3.93.